The van der Waals surface area contributed by atoms with Crippen LogP contribution >= 0.6 is 0 Å². The summed E-state index contributed by atoms with van der Waals surface area (Å²) in [7, 11) is 0. The number of benzene rings is 2. The van der Waals surface area contributed by atoms with Crippen LogP contribution in [0.2, 0.25) is 0 Å². The number of H-pyrrole nitrogens is 1. The summed E-state index contributed by atoms with van der Waals surface area (Å²) in [6.07, 6.45) is 5.86. The van der Waals surface area contributed by atoms with Crippen LogP contribution in [0.3, 0.4) is 0 Å². The number of aromatic nitrogens is 1. The molecule has 3 aromatic rings. The van der Waals surface area contributed by atoms with Gasteiger partial charge in [-0.25, -0.2) is 0 Å². The maximum atomic E-state index is 11.6. The average Bonchev–Trinajstić information content (AvgIpc) is 3.09. The Morgan fingerprint density at radius 2 is 1.79 bits per heavy atom. The number of nitrogens with one attached hydrogen (secondary N) is 2. The fraction of sp³-hybridized carbons (Fsp3) is 0.375. The molecule has 148 valence electrons. The van der Waals surface area contributed by atoms with E-state index in [0.29, 0.717) is 13.0 Å². The average molecular weight is 379 g/mol. The molecule has 0 spiro atoms. The van der Waals surface area contributed by atoms with Gasteiger partial charge in [0.1, 0.15) is 6.04 Å². The van der Waals surface area contributed by atoms with Crippen molar-refractivity contribution in [3.8, 4) is 11.3 Å². The molecule has 1 aromatic heterocycles. The van der Waals surface area contributed by atoms with E-state index < -0.39 is 12.0 Å². The number of fused-ring (bicyclic) bond motifs is 1. The zero-order valence-corrected chi connectivity index (χ0v) is 16.6. The molecule has 1 unspecified atom stereocenters. The van der Waals surface area contributed by atoms with E-state index in [-0.39, 0.29) is 0 Å². The second-order valence-electron chi connectivity index (χ2n) is 7.33. The van der Waals surface area contributed by atoms with Crippen LogP contribution in [-0.4, -0.2) is 28.6 Å². The van der Waals surface area contributed by atoms with E-state index in [1.807, 2.05) is 24.3 Å². The summed E-state index contributed by atoms with van der Waals surface area (Å²) in [5, 5.41) is 14.0. The molecule has 0 bridgehead atoms. The molecule has 0 saturated heterocycles. The van der Waals surface area contributed by atoms with Crippen molar-refractivity contribution >= 4 is 16.9 Å². The first-order valence-corrected chi connectivity index (χ1v) is 10.3. The second-order valence-corrected chi connectivity index (χ2v) is 7.33. The fourth-order valence-electron chi connectivity index (χ4n) is 3.77. The topological polar surface area (TPSA) is 65.1 Å². The van der Waals surface area contributed by atoms with E-state index in [2.05, 4.69) is 47.6 Å². The summed E-state index contributed by atoms with van der Waals surface area (Å²) in [5.41, 5.74) is 4.64. The smallest absolute Gasteiger partial charge is 0.320 e. The van der Waals surface area contributed by atoms with Gasteiger partial charge >= 0.3 is 5.97 Å². The lowest BCUT2D eigenvalue weighted by molar-refractivity contribution is -0.139. The van der Waals surface area contributed by atoms with E-state index in [4.69, 9.17) is 0 Å². The quantitative estimate of drug-likeness (QED) is 0.392. The van der Waals surface area contributed by atoms with Crippen LogP contribution in [0.1, 0.15) is 44.6 Å². The highest BCUT2D eigenvalue weighted by Crippen LogP contribution is 2.30. The zero-order chi connectivity index (χ0) is 19.8. The number of carbonyl (C=O) groups is 1. The molecule has 28 heavy (non-hydrogen) atoms. The van der Waals surface area contributed by atoms with Gasteiger partial charge in [0.2, 0.25) is 0 Å². The molecule has 0 amide bonds. The van der Waals surface area contributed by atoms with Gasteiger partial charge in [-0.05, 0) is 30.0 Å². The minimum Gasteiger partial charge on any atom is -0.480 e. The van der Waals surface area contributed by atoms with Crippen LogP contribution in [-0.2, 0) is 11.2 Å². The number of aliphatic carboxylic acids is 1. The largest absolute Gasteiger partial charge is 0.480 e. The van der Waals surface area contributed by atoms with E-state index >= 15 is 0 Å². The van der Waals surface area contributed by atoms with Gasteiger partial charge in [-0.3, -0.25) is 4.79 Å². The summed E-state index contributed by atoms with van der Waals surface area (Å²) in [5.74, 6) is -0.751. The Morgan fingerprint density at radius 3 is 2.54 bits per heavy atom. The molecule has 0 aliphatic rings. The molecular weight excluding hydrogens is 348 g/mol. The molecule has 0 aliphatic heterocycles. The Labute approximate surface area is 167 Å². The molecule has 2 aromatic carbocycles. The first-order valence-electron chi connectivity index (χ1n) is 10.3. The van der Waals surface area contributed by atoms with Crippen molar-refractivity contribution in [3.63, 3.8) is 0 Å². The summed E-state index contributed by atoms with van der Waals surface area (Å²) >= 11 is 0. The van der Waals surface area contributed by atoms with E-state index in [0.717, 1.165) is 42.5 Å². The number of aromatic amines is 1. The van der Waals surface area contributed by atoms with Gasteiger partial charge in [-0.1, -0.05) is 81.1 Å². The minimum atomic E-state index is -0.751. The van der Waals surface area contributed by atoms with Crippen molar-refractivity contribution in [1.82, 2.24) is 10.3 Å². The number of carboxylic acids is 1. The second kappa shape index (κ2) is 10.1. The third kappa shape index (κ3) is 5.02. The number of unbranched alkanes of at least 4 members (excludes halogenated alkanes) is 3. The third-order valence-electron chi connectivity index (χ3n) is 5.29. The van der Waals surface area contributed by atoms with Gasteiger partial charge in [0.15, 0.2) is 0 Å². The van der Waals surface area contributed by atoms with Crippen LogP contribution in [0, 0.1) is 0 Å². The van der Waals surface area contributed by atoms with Gasteiger partial charge in [-0.2, -0.15) is 0 Å². The molecule has 4 heteroatoms. The normalized spacial score (nSPS) is 12.3. The van der Waals surface area contributed by atoms with Gasteiger partial charge < -0.3 is 15.4 Å². The van der Waals surface area contributed by atoms with Crippen molar-refractivity contribution in [1.29, 1.82) is 0 Å². The third-order valence-corrected chi connectivity index (χ3v) is 5.29. The fourth-order valence-corrected chi connectivity index (χ4v) is 3.77. The molecule has 3 N–H and O–H groups in total. The maximum Gasteiger partial charge on any atom is 0.320 e. The molecule has 0 fully saturated rings. The van der Waals surface area contributed by atoms with Crippen LogP contribution in [0.25, 0.3) is 22.2 Å². The Morgan fingerprint density at radius 1 is 1.04 bits per heavy atom. The Balaban J connectivity index is 1.72. The highest BCUT2D eigenvalue weighted by Gasteiger charge is 2.17. The number of hydrogen-bond donors (Lipinski definition) is 3. The SMILES string of the molecule is CCCCCCC(NCCc1c(-c2ccccc2)[nH]c2ccccc12)C(=O)O. The Bertz CT molecular complexity index is 886. The van der Waals surface area contributed by atoms with Crippen molar-refractivity contribution < 1.29 is 9.90 Å². The number of para-hydroxylation sites is 1. The lowest BCUT2D eigenvalue weighted by atomic mass is 10.0. The van der Waals surface area contributed by atoms with Crippen LogP contribution in [0.4, 0.5) is 0 Å². The van der Waals surface area contributed by atoms with Gasteiger partial charge in [-0.15, -0.1) is 0 Å². The summed E-state index contributed by atoms with van der Waals surface area (Å²) in [6.45, 7) is 2.81. The highest BCUT2D eigenvalue weighted by molar-refractivity contribution is 5.90. The predicted octanol–water partition coefficient (Wildman–Crippen LogP) is 5.39. The molecule has 1 atom stereocenters. The van der Waals surface area contributed by atoms with Gasteiger partial charge in [0.05, 0.1) is 0 Å². The summed E-state index contributed by atoms with van der Waals surface area (Å²) < 4.78 is 0. The minimum absolute atomic E-state index is 0.470. The maximum absolute atomic E-state index is 11.6. The van der Waals surface area contributed by atoms with Gasteiger partial charge in [0, 0.05) is 23.1 Å². The predicted molar refractivity (Wildman–Crippen MR) is 116 cm³/mol. The van der Waals surface area contributed by atoms with Crippen LogP contribution in [0.15, 0.2) is 54.6 Å². The van der Waals surface area contributed by atoms with Crippen LogP contribution < -0.4 is 5.32 Å². The van der Waals surface area contributed by atoms with Crippen molar-refractivity contribution in [3.05, 3.63) is 60.2 Å². The molecule has 0 saturated carbocycles. The van der Waals surface area contributed by atoms with Crippen molar-refractivity contribution in [2.24, 2.45) is 0 Å². The monoisotopic (exact) mass is 378 g/mol. The highest BCUT2D eigenvalue weighted by atomic mass is 16.4. The summed E-state index contributed by atoms with van der Waals surface area (Å²) in [4.78, 5) is 15.1. The number of hydrogen-bond acceptors (Lipinski definition) is 2. The number of rotatable bonds is 11. The molecule has 3 rings (SSSR count). The standard InChI is InChI=1S/C24H30N2O2/c1-2-3-4-8-15-22(24(27)28)25-17-16-20-19-13-9-10-14-21(19)26-23(20)18-11-6-5-7-12-18/h5-7,9-14,22,25-26H,2-4,8,15-17H2,1H3,(H,27,28). The Hall–Kier alpha value is -2.59. The van der Waals surface area contributed by atoms with Gasteiger partial charge in [0.25, 0.3) is 0 Å². The lowest BCUT2D eigenvalue weighted by Gasteiger charge is -2.15. The van der Waals surface area contributed by atoms with E-state index in [9.17, 15) is 9.90 Å². The molecule has 0 aliphatic carbocycles. The van der Waals surface area contributed by atoms with Crippen LogP contribution in [0.5, 0.6) is 0 Å². The molecule has 1 heterocycles. The van der Waals surface area contributed by atoms with Crippen molar-refractivity contribution in [2.75, 3.05) is 6.54 Å². The Kier molecular flexibility index (Phi) is 7.26. The first kappa shape index (κ1) is 20.2. The molecule has 0 radical (unpaired) electrons. The zero-order valence-electron chi connectivity index (χ0n) is 16.6. The molecular formula is C24H30N2O2. The summed E-state index contributed by atoms with van der Waals surface area (Å²) in [6, 6.07) is 18.1. The first-order chi connectivity index (χ1) is 13.7. The lowest BCUT2D eigenvalue weighted by Crippen LogP contribution is -2.37. The molecule has 4 nitrogen and oxygen atoms in total. The number of carboxylic acid groups (broad SMARTS) is 1. The van der Waals surface area contributed by atoms with E-state index in [1.165, 1.54) is 17.4 Å². The van der Waals surface area contributed by atoms with E-state index in [1.54, 1.807) is 0 Å². The van der Waals surface area contributed by atoms with Crippen molar-refractivity contribution in [2.45, 2.75) is 51.5 Å².